The zero-order valence-corrected chi connectivity index (χ0v) is 11.4. The lowest BCUT2D eigenvalue weighted by Crippen LogP contribution is -2.15. The van der Waals surface area contributed by atoms with Crippen molar-refractivity contribution in [3.63, 3.8) is 0 Å². The summed E-state index contributed by atoms with van der Waals surface area (Å²) in [5.74, 6) is 0.648. The molecule has 0 saturated carbocycles. The molecule has 2 N–H and O–H groups in total. The summed E-state index contributed by atoms with van der Waals surface area (Å²) in [5, 5.41) is 11.2. The van der Waals surface area contributed by atoms with E-state index in [9.17, 15) is 13.5 Å². The van der Waals surface area contributed by atoms with Gasteiger partial charge in [-0.3, -0.25) is 4.72 Å². The SMILES string of the molecule is Cc1oc(C)c(S(=O)(=O)Nc2nccs2)c1CO. The number of rotatable bonds is 4. The van der Waals surface area contributed by atoms with E-state index in [4.69, 9.17) is 4.42 Å². The van der Waals surface area contributed by atoms with Crippen LogP contribution in [0.5, 0.6) is 0 Å². The van der Waals surface area contributed by atoms with Gasteiger partial charge in [0.1, 0.15) is 16.4 Å². The van der Waals surface area contributed by atoms with E-state index in [0.717, 1.165) is 0 Å². The molecule has 0 bridgehead atoms. The molecule has 0 aliphatic carbocycles. The van der Waals surface area contributed by atoms with Crippen molar-refractivity contribution in [3.8, 4) is 0 Å². The lowest BCUT2D eigenvalue weighted by atomic mass is 10.2. The molecular weight excluding hydrogens is 276 g/mol. The molecule has 6 nitrogen and oxygen atoms in total. The maximum absolute atomic E-state index is 12.2. The van der Waals surface area contributed by atoms with Crippen molar-refractivity contribution in [3.05, 3.63) is 28.7 Å². The molecule has 2 aromatic rings. The first kappa shape index (κ1) is 13.1. The molecule has 0 aromatic carbocycles. The largest absolute Gasteiger partial charge is 0.465 e. The van der Waals surface area contributed by atoms with Gasteiger partial charge in [0.2, 0.25) is 0 Å². The third kappa shape index (κ3) is 2.26. The van der Waals surface area contributed by atoms with Crippen molar-refractivity contribution in [2.75, 3.05) is 4.72 Å². The van der Waals surface area contributed by atoms with Gasteiger partial charge in [-0.15, -0.1) is 11.3 Å². The summed E-state index contributed by atoms with van der Waals surface area (Å²) in [4.78, 5) is 3.84. The number of hydrogen-bond acceptors (Lipinski definition) is 6. The van der Waals surface area contributed by atoms with E-state index in [0.29, 0.717) is 5.76 Å². The molecule has 18 heavy (non-hydrogen) atoms. The summed E-state index contributed by atoms with van der Waals surface area (Å²) in [6.07, 6.45) is 1.50. The van der Waals surface area contributed by atoms with E-state index in [1.807, 2.05) is 0 Å². The molecule has 0 atom stereocenters. The van der Waals surface area contributed by atoms with Gasteiger partial charge >= 0.3 is 0 Å². The number of aliphatic hydroxyl groups excluding tert-OH is 1. The van der Waals surface area contributed by atoms with Gasteiger partial charge in [0.05, 0.1) is 6.61 Å². The smallest absolute Gasteiger partial charge is 0.267 e. The van der Waals surface area contributed by atoms with Crippen molar-refractivity contribution in [2.24, 2.45) is 0 Å². The minimum atomic E-state index is -3.79. The second kappa shape index (κ2) is 4.71. The van der Waals surface area contributed by atoms with Crippen LogP contribution < -0.4 is 4.72 Å². The molecule has 0 radical (unpaired) electrons. The Bertz CT molecular complexity index is 644. The van der Waals surface area contributed by atoms with Crippen LogP contribution in [0, 0.1) is 13.8 Å². The third-order valence-corrected chi connectivity index (χ3v) is 4.76. The predicted octanol–water partition coefficient (Wildman–Crippen LogP) is 1.65. The standard InChI is InChI=1S/C10H12N2O4S2/c1-6-8(5-13)9(7(2)16-6)18(14,15)12-10-11-3-4-17-10/h3-4,13H,5H2,1-2H3,(H,11,12). The Morgan fingerprint density at radius 2 is 2.17 bits per heavy atom. The van der Waals surface area contributed by atoms with Crippen LogP contribution in [-0.2, 0) is 16.6 Å². The van der Waals surface area contributed by atoms with Gasteiger partial charge in [0.25, 0.3) is 10.0 Å². The predicted molar refractivity (Wildman–Crippen MR) is 67.0 cm³/mol. The van der Waals surface area contributed by atoms with Crippen molar-refractivity contribution in [1.29, 1.82) is 0 Å². The first-order valence-electron chi connectivity index (χ1n) is 5.07. The molecule has 0 amide bonds. The van der Waals surface area contributed by atoms with Crippen LogP contribution in [-0.4, -0.2) is 18.5 Å². The fourth-order valence-electron chi connectivity index (χ4n) is 1.68. The molecule has 0 fully saturated rings. The number of nitrogens with one attached hydrogen (secondary N) is 1. The van der Waals surface area contributed by atoms with E-state index in [-0.39, 0.29) is 21.4 Å². The Hall–Kier alpha value is -1.38. The first-order chi connectivity index (χ1) is 8.45. The number of furan rings is 1. The molecule has 0 aliphatic rings. The van der Waals surface area contributed by atoms with Crippen molar-refractivity contribution in [2.45, 2.75) is 25.3 Å². The van der Waals surface area contributed by atoms with E-state index >= 15 is 0 Å². The molecule has 0 saturated heterocycles. The summed E-state index contributed by atoms with van der Waals surface area (Å²) < 4.78 is 32.0. The van der Waals surface area contributed by atoms with Crippen molar-refractivity contribution >= 4 is 26.5 Å². The Labute approximate surface area is 108 Å². The number of nitrogens with zero attached hydrogens (tertiary/aromatic N) is 1. The summed E-state index contributed by atoms with van der Waals surface area (Å²) in [7, 11) is -3.79. The quantitative estimate of drug-likeness (QED) is 0.892. The van der Waals surface area contributed by atoms with Gasteiger partial charge in [-0.05, 0) is 13.8 Å². The molecular formula is C10H12N2O4S2. The molecule has 0 spiro atoms. The highest BCUT2D eigenvalue weighted by atomic mass is 32.2. The summed E-state index contributed by atoms with van der Waals surface area (Å²) >= 11 is 1.18. The van der Waals surface area contributed by atoms with Crippen LogP contribution in [0.3, 0.4) is 0 Å². The van der Waals surface area contributed by atoms with Gasteiger partial charge in [-0.2, -0.15) is 0 Å². The topological polar surface area (TPSA) is 92.4 Å². The number of thiazole rings is 1. The lowest BCUT2D eigenvalue weighted by Gasteiger charge is -2.05. The first-order valence-corrected chi connectivity index (χ1v) is 7.44. The maximum Gasteiger partial charge on any atom is 0.267 e. The van der Waals surface area contributed by atoms with E-state index in [1.165, 1.54) is 17.5 Å². The molecule has 2 rings (SSSR count). The minimum Gasteiger partial charge on any atom is -0.465 e. The van der Waals surface area contributed by atoms with Crippen LogP contribution in [0.15, 0.2) is 20.9 Å². The molecule has 2 heterocycles. The number of aromatic nitrogens is 1. The van der Waals surface area contributed by atoms with Gasteiger partial charge in [0, 0.05) is 17.1 Å². The van der Waals surface area contributed by atoms with Crippen LogP contribution in [0.2, 0.25) is 0 Å². The van der Waals surface area contributed by atoms with E-state index < -0.39 is 16.6 Å². The Morgan fingerprint density at radius 3 is 2.72 bits per heavy atom. The number of sulfonamides is 1. The Morgan fingerprint density at radius 1 is 1.44 bits per heavy atom. The Balaban J connectivity index is 2.47. The van der Waals surface area contributed by atoms with Crippen LogP contribution in [0.4, 0.5) is 5.13 Å². The van der Waals surface area contributed by atoms with Gasteiger partial charge in [-0.25, -0.2) is 13.4 Å². The number of aryl methyl sites for hydroxylation is 2. The number of anilines is 1. The summed E-state index contributed by atoms with van der Waals surface area (Å²) in [6, 6.07) is 0. The van der Waals surface area contributed by atoms with Crippen molar-refractivity contribution in [1.82, 2.24) is 4.98 Å². The fourth-order valence-corrected chi connectivity index (χ4v) is 3.92. The molecule has 0 unspecified atom stereocenters. The highest BCUT2D eigenvalue weighted by molar-refractivity contribution is 7.93. The molecule has 98 valence electrons. The second-order valence-corrected chi connectivity index (χ2v) is 6.14. The van der Waals surface area contributed by atoms with Crippen LogP contribution >= 0.6 is 11.3 Å². The third-order valence-electron chi connectivity index (χ3n) is 2.41. The maximum atomic E-state index is 12.2. The fraction of sp³-hybridized carbons (Fsp3) is 0.300. The monoisotopic (exact) mass is 288 g/mol. The highest BCUT2D eigenvalue weighted by Crippen LogP contribution is 2.28. The van der Waals surface area contributed by atoms with Gasteiger partial charge in [-0.1, -0.05) is 0 Å². The van der Waals surface area contributed by atoms with E-state index in [2.05, 4.69) is 9.71 Å². The minimum absolute atomic E-state index is 0.0160. The van der Waals surface area contributed by atoms with Crippen LogP contribution in [0.25, 0.3) is 0 Å². The molecule has 0 aliphatic heterocycles. The van der Waals surface area contributed by atoms with Crippen molar-refractivity contribution < 1.29 is 17.9 Å². The molecule has 2 aromatic heterocycles. The van der Waals surface area contributed by atoms with Gasteiger partial charge in [0.15, 0.2) is 5.13 Å². The molecule has 8 heteroatoms. The Kier molecular flexibility index (Phi) is 3.42. The number of aliphatic hydroxyl groups is 1. The summed E-state index contributed by atoms with van der Waals surface area (Å²) in [6.45, 7) is 2.76. The lowest BCUT2D eigenvalue weighted by molar-refractivity contribution is 0.276. The average molecular weight is 288 g/mol. The zero-order valence-electron chi connectivity index (χ0n) is 9.80. The number of hydrogen-bond donors (Lipinski definition) is 2. The zero-order chi connectivity index (χ0) is 13.3. The highest BCUT2D eigenvalue weighted by Gasteiger charge is 2.27. The van der Waals surface area contributed by atoms with Crippen LogP contribution in [0.1, 0.15) is 17.1 Å². The second-order valence-electron chi connectivity index (χ2n) is 3.62. The normalized spacial score (nSPS) is 11.7. The van der Waals surface area contributed by atoms with Gasteiger partial charge < -0.3 is 9.52 Å². The average Bonchev–Trinajstić information content (AvgIpc) is 2.85. The van der Waals surface area contributed by atoms with E-state index in [1.54, 1.807) is 19.2 Å². The summed E-state index contributed by atoms with van der Waals surface area (Å²) in [5.41, 5.74) is 0.275.